The monoisotopic (exact) mass is 207 g/mol. The van der Waals surface area contributed by atoms with Crippen molar-refractivity contribution in [1.29, 1.82) is 0 Å². The molecule has 0 aliphatic rings. The number of unbranched alkanes of at least 4 members (excludes halogenated alkanes) is 2. The molecule has 0 unspecified atom stereocenters. The van der Waals surface area contributed by atoms with Crippen LogP contribution in [0.25, 0.3) is 0 Å². The van der Waals surface area contributed by atoms with Crippen LogP contribution >= 0.6 is 0 Å². The third-order valence-corrected chi connectivity index (χ3v) is 2.36. The zero-order valence-corrected chi connectivity index (χ0v) is 9.33. The Bertz CT molecular complexity index is 295. The second kappa shape index (κ2) is 6.46. The molecule has 2 nitrogen and oxygen atoms in total. The summed E-state index contributed by atoms with van der Waals surface area (Å²) in [6.45, 7) is 6.76. The molecule has 2 heteroatoms. The van der Waals surface area contributed by atoms with Gasteiger partial charge in [-0.15, -0.1) is 0 Å². The summed E-state index contributed by atoms with van der Waals surface area (Å²) < 4.78 is 5.57. The molecule has 0 aliphatic carbocycles. The molecule has 1 N–H and O–H groups in total. The smallest absolute Gasteiger partial charge is 0.119 e. The van der Waals surface area contributed by atoms with Gasteiger partial charge in [0, 0.05) is 0 Å². The van der Waals surface area contributed by atoms with E-state index in [-0.39, 0.29) is 6.61 Å². The number of aliphatic hydroxyl groups is 1. The highest BCUT2D eigenvalue weighted by atomic mass is 16.5. The zero-order valence-electron chi connectivity index (χ0n) is 9.33. The molecular weight excluding hydrogens is 188 g/mol. The van der Waals surface area contributed by atoms with Gasteiger partial charge in [0.15, 0.2) is 0 Å². The minimum atomic E-state index is 0.0188. The Hall–Kier alpha value is -1.02. The Morgan fingerprint density at radius 1 is 1.33 bits per heavy atom. The number of aliphatic hydroxyl groups excluding tert-OH is 1. The van der Waals surface area contributed by atoms with E-state index in [0.717, 1.165) is 29.9 Å². The molecule has 0 saturated carbocycles. The molecule has 0 saturated heterocycles. The molecule has 83 valence electrons. The van der Waals surface area contributed by atoms with Crippen molar-refractivity contribution in [3.63, 3.8) is 0 Å². The van der Waals surface area contributed by atoms with Crippen molar-refractivity contribution in [3.05, 3.63) is 36.2 Å². The van der Waals surface area contributed by atoms with Gasteiger partial charge >= 0.3 is 0 Å². The quantitative estimate of drug-likeness (QED) is 0.727. The van der Waals surface area contributed by atoms with Crippen LogP contribution in [0.5, 0.6) is 5.75 Å². The molecule has 1 aromatic carbocycles. The Morgan fingerprint density at radius 2 is 2.13 bits per heavy atom. The summed E-state index contributed by atoms with van der Waals surface area (Å²) in [6, 6.07) is 5.63. The zero-order chi connectivity index (χ0) is 11.1. The average molecular weight is 207 g/mol. The molecule has 0 amide bonds. The molecule has 0 heterocycles. The molecule has 1 rings (SSSR count). The average Bonchev–Trinajstić information content (AvgIpc) is 2.26. The van der Waals surface area contributed by atoms with Crippen molar-refractivity contribution in [3.8, 4) is 5.75 Å². The van der Waals surface area contributed by atoms with Crippen molar-refractivity contribution in [2.75, 3.05) is 6.61 Å². The van der Waals surface area contributed by atoms with Gasteiger partial charge in [-0.2, -0.15) is 0 Å². The van der Waals surface area contributed by atoms with Crippen molar-refractivity contribution >= 4 is 0 Å². The Morgan fingerprint density at radius 3 is 2.80 bits per heavy atom. The topological polar surface area (TPSA) is 29.5 Å². The van der Waals surface area contributed by atoms with Crippen molar-refractivity contribution < 1.29 is 9.84 Å². The Kier molecular flexibility index (Phi) is 5.19. The lowest BCUT2D eigenvalue weighted by Crippen LogP contribution is -1.98. The summed E-state index contributed by atoms with van der Waals surface area (Å²) in [7, 11) is 0. The minimum Gasteiger partial charge on any atom is -0.494 e. The van der Waals surface area contributed by atoms with E-state index in [0.29, 0.717) is 0 Å². The fourth-order valence-electron chi connectivity index (χ4n) is 1.38. The van der Waals surface area contributed by atoms with Crippen LogP contribution in [0.2, 0.25) is 0 Å². The molecule has 0 spiro atoms. The van der Waals surface area contributed by atoms with Crippen molar-refractivity contribution in [2.45, 2.75) is 32.8 Å². The molecule has 1 radical (unpaired) electrons. The van der Waals surface area contributed by atoms with E-state index in [1.165, 1.54) is 12.8 Å². The first kappa shape index (κ1) is 12.1. The van der Waals surface area contributed by atoms with Crippen LogP contribution in [0.4, 0.5) is 0 Å². The van der Waals surface area contributed by atoms with E-state index in [2.05, 4.69) is 13.8 Å². The van der Waals surface area contributed by atoms with Crippen molar-refractivity contribution in [1.82, 2.24) is 0 Å². The third kappa shape index (κ3) is 3.92. The van der Waals surface area contributed by atoms with Gasteiger partial charge in [0.25, 0.3) is 0 Å². The first-order valence-electron chi connectivity index (χ1n) is 5.46. The Labute approximate surface area is 91.9 Å². The predicted molar refractivity (Wildman–Crippen MR) is 61.8 cm³/mol. The maximum Gasteiger partial charge on any atom is 0.119 e. The maximum atomic E-state index is 9.06. The highest BCUT2D eigenvalue weighted by Gasteiger charge is 1.99. The van der Waals surface area contributed by atoms with Gasteiger partial charge in [-0.05, 0) is 36.6 Å². The first-order valence-corrected chi connectivity index (χ1v) is 5.46. The number of hydrogen-bond acceptors (Lipinski definition) is 2. The first-order chi connectivity index (χ1) is 7.27. The van der Waals surface area contributed by atoms with Crippen LogP contribution < -0.4 is 4.74 Å². The van der Waals surface area contributed by atoms with E-state index in [1.807, 2.05) is 18.2 Å². The van der Waals surface area contributed by atoms with Crippen LogP contribution in [-0.2, 0) is 6.61 Å². The second-order valence-corrected chi connectivity index (χ2v) is 3.64. The molecule has 0 bridgehead atoms. The summed E-state index contributed by atoms with van der Waals surface area (Å²) in [5, 5.41) is 9.06. The summed E-state index contributed by atoms with van der Waals surface area (Å²) in [5.74, 6) is 0.822. The number of ether oxygens (including phenoxy) is 1. The number of rotatable bonds is 6. The Balaban J connectivity index is 2.47. The summed E-state index contributed by atoms with van der Waals surface area (Å²) >= 11 is 0. The normalized spacial score (nSPS) is 10.3. The number of benzene rings is 1. The van der Waals surface area contributed by atoms with Gasteiger partial charge in [0.2, 0.25) is 0 Å². The minimum absolute atomic E-state index is 0.0188. The molecule has 1 aromatic rings. The fraction of sp³-hybridized carbons (Fsp3) is 0.462. The second-order valence-electron chi connectivity index (χ2n) is 3.64. The van der Waals surface area contributed by atoms with Crippen LogP contribution in [0.1, 0.15) is 37.3 Å². The van der Waals surface area contributed by atoms with Gasteiger partial charge < -0.3 is 9.84 Å². The lowest BCUT2D eigenvalue weighted by Gasteiger charge is -2.08. The summed E-state index contributed by atoms with van der Waals surface area (Å²) in [6.07, 6.45) is 3.47. The molecule has 0 aromatic heterocycles. The van der Waals surface area contributed by atoms with Gasteiger partial charge in [-0.1, -0.05) is 25.8 Å². The van der Waals surface area contributed by atoms with Gasteiger partial charge in [0.05, 0.1) is 13.2 Å². The standard InChI is InChI=1S/C13H19O2/c1-3-4-5-8-15-13-7-6-11(2)12(9-13)10-14/h6-7,9,14H,2-5,8,10H2,1H3. The highest BCUT2D eigenvalue weighted by Crippen LogP contribution is 2.17. The maximum absolute atomic E-state index is 9.06. The van der Waals surface area contributed by atoms with E-state index in [4.69, 9.17) is 9.84 Å². The lowest BCUT2D eigenvalue weighted by atomic mass is 10.1. The van der Waals surface area contributed by atoms with Gasteiger partial charge in [0.1, 0.15) is 5.75 Å². The largest absolute Gasteiger partial charge is 0.494 e. The number of hydrogen-bond donors (Lipinski definition) is 1. The van der Waals surface area contributed by atoms with Gasteiger partial charge in [-0.3, -0.25) is 0 Å². The molecule has 0 atom stereocenters. The molecular formula is C13H19O2. The fourth-order valence-corrected chi connectivity index (χ4v) is 1.38. The molecule has 0 fully saturated rings. The van der Waals surface area contributed by atoms with Gasteiger partial charge in [-0.25, -0.2) is 0 Å². The van der Waals surface area contributed by atoms with E-state index < -0.39 is 0 Å². The summed E-state index contributed by atoms with van der Waals surface area (Å²) in [5.41, 5.74) is 1.70. The van der Waals surface area contributed by atoms with E-state index in [9.17, 15) is 0 Å². The predicted octanol–water partition coefficient (Wildman–Crippen LogP) is 2.93. The molecule has 0 aliphatic heterocycles. The van der Waals surface area contributed by atoms with Crippen molar-refractivity contribution in [2.24, 2.45) is 0 Å². The summed E-state index contributed by atoms with van der Waals surface area (Å²) in [4.78, 5) is 0. The third-order valence-electron chi connectivity index (χ3n) is 2.36. The van der Waals surface area contributed by atoms with Crippen LogP contribution in [-0.4, -0.2) is 11.7 Å². The van der Waals surface area contributed by atoms with E-state index in [1.54, 1.807) is 0 Å². The highest BCUT2D eigenvalue weighted by molar-refractivity contribution is 5.36. The van der Waals surface area contributed by atoms with Crippen LogP contribution in [0.15, 0.2) is 18.2 Å². The van der Waals surface area contributed by atoms with Crippen LogP contribution in [0, 0.1) is 6.92 Å². The van der Waals surface area contributed by atoms with Crippen LogP contribution in [0.3, 0.4) is 0 Å². The lowest BCUT2D eigenvalue weighted by molar-refractivity contribution is 0.277. The van der Waals surface area contributed by atoms with E-state index >= 15 is 0 Å². The molecule has 15 heavy (non-hydrogen) atoms. The SMILES string of the molecule is [CH2]c1ccc(OCCCCC)cc1CO.